The van der Waals surface area contributed by atoms with Crippen molar-refractivity contribution in [2.24, 2.45) is 0 Å². The Kier molecular flexibility index (Phi) is 5.79. The van der Waals surface area contributed by atoms with Gasteiger partial charge in [0.15, 0.2) is 0 Å². The lowest BCUT2D eigenvalue weighted by Gasteiger charge is -2.29. The third-order valence-electron chi connectivity index (χ3n) is 10.8. The Bertz CT molecular complexity index is 3120. The van der Waals surface area contributed by atoms with Crippen LogP contribution in [0.25, 0.3) is 66.1 Å². The van der Waals surface area contributed by atoms with E-state index >= 15 is 0 Å². The van der Waals surface area contributed by atoms with Crippen molar-refractivity contribution in [2.45, 2.75) is 19.3 Å². The van der Waals surface area contributed by atoms with E-state index in [-0.39, 0.29) is 76.3 Å². The summed E-state index contributed by atoms with van der Waals surface area (Å²) in [5.41, 5.74) is 6.87. The molecule has 0 unspecified atom stereocenters. The van der Waals surface area contributed by atoms with Gasteiger partial charge in [-0.3, -0.25) is 0 Å². The molecule has 0 N–H and O–H groups in total. The molecule has 0 heterocycles. The summed E-state index contributed by atoms with van der Waals surface area (Å²) in [6.07, 6.45) is 0. The summed E-state index contributed by atoms with van der Waals surface area (Å²) >= 11 is 0. The molecular formula is C53H39N. The Morgan fingerprint density at radius 3 is 1.43 bits per heavy atom. The molecule has 10 rings (SSSR count). The van der Waals surface area contributed by atoms with Gasteiger partial charge in [-0.05, 0) is 102 Å². The van der Waals surface area contributed by atoms with E-state index in [4.69, 9.17) is 0 Å². The highest BCUT2D eigenvalue weighted by atomic mass is 15.1. The van der Waals surface area contributed by atoms with Gasteiger partial charge in [0.25, 0.3) is 0 Å². The number of benzene rings is 9. The Morgan fingerprint density at radius 1 is 0.389 bits per heavy atom. The van der Waals surface area contributed by atoms with E-state index in [1.165, 1.54) is 10.5 Å². The second-order valence-corrected chi connectivity index (χ2v) is 14.3. The number of fused-ring (bicyclic) bond motifs is 5. The molecule has 9 aromatic carbocycles. The van der Waals surface area contributed by atoms with Crippen LogP contribution < -0.4 is 4.90 Å². The van der Waals surface area contributed by atoms with Crippen molar-refractivity contribution in [3.05, 3.63) is 211 Å². The molecule has 0 saturated carbocycles. The average molecular weight is 698 g/mol. The van der Waals surface area contributed by atoms with Crippen LogP contribution in [0.5, 0.6) is 0 Å². The zero-order valence-electron chi connectivity index (χ0n) is 37.9. The van der Waals surface area contributed by atoms with E-state index in [1.807, 2.05) is 109 Å². The molecule has 0 saturated heterocycles. The third kappa shape index (κ3) is 5.16. The molecule has 0 aliphatic heterocycles. The first-order valence-electron chi connectivity index (χ1n) is 22.2. The molecule has 1 aliphatic carbocycles. The maximum Gasteiger partial charge on any atom is 0.0645 e. The van der Waals surface area contributed by atoms with Gasteiger partial charge in [0.2, 0.25) is 0 Å². The largest absolute Gasteiger partial charge is 0.310 e. The maximum atomic E-state index is 9.77. The molecule has 54 heavy (non-hydrogen) atoms. The monoisotopic (exact) mass is 697 g/mol. The van der Waals surface area contributed by atoms with Gasteiger partial charge in [-0.1, -0.05) is 184 Å². The lowest BCUT2D eigenvalue weighted by Crippen LogP contribution is -2.14. The zero-order chi connectivity index (χ0) is 43.2. The molecule has 0 spiro atoms. The van der Waals surface area contributed by atoms with Crippen molar-refractivity contribution >= 4 is 38.6 Å². The van der Waals surface area contributed by atoms with Gasteiger partial charge in [-0.25, -0.2) is 0 Å². The Balaban J connectivity index is 1.30. The van der Waals surface area contributed by atoms with Gasteiger partial charge in [-0.15, -0.1) is 0 Å². The summed E-state index contributed by atoms with van der Waals surface area (Å²) in [6, 6.07) is 45.5. The van der Waals surface area contributed by atoms with Gasteiger partial charge < -0.3 is 4.90 Å². The first kappa shape index (κ1) is 24.5. The Labute approximate surface area is 328 Å². The van der Waals surface area contributed by atoms with Crippen molar-refractivity contribution in [1.29, 1.82) is 0 Å². The summed E-state index contributed by atoms with van der Waals surface area (Å²) < 4.78 is 77.4. The van der Waals surface area contributed by atoms with Crippen molar-refractivity contribution in [3.63, 3.8) is 0 Å². The molecule has 9 aromatic rings. The molecular weight excluding hydrogens is 651 g/mol. The van der Waals surface area contributed by atoms with Crippen LogP contribution in [-0.2, 0) is 5.41 Å². The fraction of sp³-hybridized carbons (Fsp3) is 0.0566. The summed E-state index contributed by atoms with van der Waals surface area (Å²) in [6.45, 7) is 4.40. The van der Waals surface area contributed by atoms with Crippen LogP contribution in [-0.4, -0.2) is 0 Å². The maximum absolute atomic E-state index is 9.77. The highest BCUT2D eigenvalue weighted by Crippen LogP contribution is 2.53. The summed E-state index contributed by atoms with van der Waals surface area (Å²) in [5, 5.41) is 3.32. The molecule has 0 radical (unpaired) electrons. The lowest BCUT2D eigenvalue weighted by molar-refractivity contribution is 0.660. The predicted octanol–water partition coefficient (Wildman–Crippen LogP) is 14.8. The minimum Gasteiger partial charge on any atom is -0.310 e. The summed E-state index contributed by atoms with van der Waals surface area (Å²) in [5.74, 6) is 0. The van der Waals surface area contributed by atoms with Gasteiger partial charge in [0.05, 0.1) is 16.7 Å². The zero-order valence-corrected chi connectivity index (χ0v) is 29.9. The van der Waals surface area contributed by atoms with E-state index < -0.39 is 0 Å². The topological polar surface area (TPSA) is 3.24 Å². The molecule has 0 bridgehead atoms. The molecule has 0 amide bonds. The first-order chi connectivity index (χ1) is 29.9. The first-order valence-corrected chi connectivity index (χ1v) is 18.2. The van der Waals surface area contributed by atoms with Gasteiger partial charge in [-0.2, -0.15) is 0 Å². The second-order valence-electron chi connectivity index (χ2n) is 14.3. The van der Waals surface area contributed by atoms with E-state index in [0.29, 0.717) is 22.4 Å². The number of para-hydroxylation sites is 1. The van der Waals surface area contributed by atoms with Crippen molar-refractivity contribution in [3.8, 4) is 44.5 Å². The van der Waals surface area contributed by atoms with Gasteiger partial charge >= 0.3 is 0 Å². The number of hydrogen-bond acceptors (Lipinski definition) is 1. The Hall–Kier alpha value is -6.70. The van der Waals surface area contributed by atoms with E-state index in [0.717, 1.165) is 43.8 Å². The third-order valence-corrected chi connectivity index (χ3v) is 10.8. The quantitative estimate of drug-likeness (QED) is 0.167. The molecule has 1 nitrogen and oxygen atoms in total. The lowest BCUT2D eigenvalue weighted by atomic mass is 9.82. The van der Waals surface area contributed by atoms with Crippen LogP contribution in [0.3, 0.4) is 0 Å². The molecule has 1 aliphatic rings. The van der Waals surface area contributed by atoms with Crippen molar-refractivity contribution in [2.75, 3.05) is 4.90 Å². The minimum atomic E-state index is -0.386. The van der Waals surface area contributed by atoms with Crippen LogP contribution >= 0.6 is 0 Å². The van der Waals surface area contributed by atoms with Crippen LogP contribution in [0.4, 0.5) is 17.1 Å². The van der Waals surface area contributed by atoms with Gasteiger partial charge in [0.1, 0.15) is 0 Å². The van der Waals surface area contributed by atoms with Gasteiger partial charge in [0, 0.05) is 22.4 Å². The number of anilines is 3. The fourth-order valence-corrected chi connectivity index (χ4v) is 8.22. The number of hydrogen-bond donors (Lipinski definition) is 0. The summed E-state index contributed by atoms with van der Waals surface area (Å²) in [4.78, 5) is 1.43. The number of nitrogens with zero attached hydrogens (tertiary/aromatic N) is 1. The average Bonchev–Trinajstić information content (AvgIpc) is 3.53. The van der Waals surface area contributed by atoms with E-state index in [9.17, 15) is 11.0 Å². The fourth-order valence-electron chi connectivity index (χ4n) is 8.22. The molecule has 0 atom stereocenters. The van der Waals surface area contributed by atoms with Crippen molar-refractivity contribution < 1.29 is 11.0 Å². The van der Waals surface area contributed by atoms with Crippen LogP contribution in [0, 0.1) is 0 Å². The highest BCUT2D eigenvalue weighted by Gasteiger charge is 2.37. The SMILES string of the molecule is [2H]c1c([2H])c(N(c2ccccc2-c2cccc3c2-c2ccccc2C3(C)C)c2c([2H])c([2H])c(-c3cccc4ccccc34)c([2H])c2[2H])c([2H])c([2H])c1-c1cccc2ccccc12. The molecule has 256 valence electrons. The van der Waals surface area contributed by atoms with E-state index in [1.54, 1.807) is 24.3 Å². The standard InChI is InChI=1S/C53H39N/c1-53(2)49-25-9-7-21-48(49)52-47(24-13-26-50(52)53)46-20-8-10-27-51(46)54(40-32-28-38(29-33-40)44-22-11-16-36-14-3-5-18-42(36)44)41-34-30-39(31-35-41)45-23-12-17-37-15-4-6-19-43(37)45/h3-35H,1-2H3/i28D,29D,30D,31D,32D,33D,34D,35D. The minimum absolute atomic E-state index is 0.124. The molecule has 0 fully saturated rings. The normalized spacial score (nSPS) is 14.9. The highest BCUT2D eigenvalue weighted by molar-refractivity contribution is 6.00. The van der Waals surface area contributed by atoms with Crippen LogP contribution in [0.2, 0.25) is 0 Å². The Morgan fingerprint density at radius 2 is 0.815 bits per heavy atom. The van der Waals surface area contributed by atoms with E-state index in [2.05, 4.69) is 32.0 Å². The molecule has 1 heteroatoms. The molecule has 0 aromatic heterocycles. The summed E-state index contributed by atoms with van der Waals surface area (Å²) in [7, 11) is 0. The number of rotatable bonds is 6. The predicted molar refractivity (Wildman–Crippen MR) is 230 cm³/mol. The van der Waals surface area contributed by atoms with Crippen LogP contribution in [0.1, 0.15) is 35.9 Å². The smallest absolute Gasteiger partial charge is 0.0645 e. The second kappa shape index (κ2) is 12.8. The van der Waals surface area contributed by atoms with Crippen LogP contribution in [0.15, 0.2) is 200 Å². The van der Waals surface area contributed by atoms with Crippen molar-refractivity contribution in [1.82, 2.24) is 0 Å².